The van der Waals surface area contributed by atoms with Crippen LogP contribution in [0.25, 0.3) is 10.4 Å². The van der Waals surface area contributed by atoms with Gasteiger partial charge >= 0.3 is 0 Å². The Morgan fingerprint density at radius 3 is 2.50 bits per heavy atom. The average molecular weight is 190 g/mol. The van der Waals surface area contributed by atoms with Gasteiger partial charge in [-0.05, 0) is 10.6 Å². The van der Waals surface area contributed by atoms with Crippen molar-refractivity contribution in [3.05, 3.63) is 46.3 Å². The maximum atomic E-state index is 11.4. The molecule has 0 fully saturated rings. The molecule has 6 heteroatoms. The number of carbonyl (C=O) groups excluding carboxylic acids is 1. The van der Waals surface area contributed by atoms with Crippen molar-refractivity contribution < 1.29 is 10.0 Å². The number of amidine groups is 1. The molecule has 0 amide bonds. The van der Waals surface area contributed by atoms with E-state index in [1.165, 1.54) is 12.1 Å². The topological polar surface area (TPSA) is 98.4 Å². The number of ketones is 1. The Kier molecular flexibility index (Phi) is 3.23. The second-order valence-electron chi connectivity index (χ2n) is 2.31. The standard InChI is InChI=1S/C8H6N4O2/c9-12-10-8(11-14)7(13)6-4-2-1-3-5-6/h1-5,14H/b11-8+. The van der Waals surface area contributed by atoms with Gasteiger partial charge in [0.15, 0.2) is 0 Å². The molecule has 1 aromatic carbocycles. The van der Waals surface area contributed by atoms with Crippen molar-refractivity contribution in [1.29, 1.82) is 0 Å². The third-order valence-corrected chi connectivity index (χ3v) is 1.47. The summed E-state index contributed by atoms with van der Waals surface area (Å²) in [5.74, 6) is -1.19. The number of Topliss-reactive ketones (excluding diaryl/α,β-unsaturated/α-hetero) is 1. The first-order valence-corrected chi connectivity index (χ1v) is 3.66. The van der Waals surface area contributed by atoms with Crippen LogP contribution in [0.1, 0.15) is 10.4 Å². The van der Waals surface area contributed by atoms with Gasteiger partial charge in [0.2, 0.25) is 11.6 Å². The third-order valence-electron chi connectivity index (χ3n) is 1.47. The summed E-state index contributed by atoms with van der Waals surface area (Å²) in [6, 6.07) is 8.09. The number of carbonyl (C=O) groups is 1. The fraction of sp³-hybridized carbons (Fsp3) is 0. The van der Waals surface area contributed by atoms with Crippen molar-refractivity contribution in [2.75, 3.05) is 0 Å². The predicted octanol–water partition coefficient (Wildman–Crippen LogP) is 1.97. The summed E-state index contributed by atoms with van der Waals surface area (Å²) in [5, 5.41) is 13.9. The lowest BCUT2D eigenvalue weighted by atomic mass is 10.1. The second-order valence-corrected chi connectivity index (χ2v) is 2.31. The number of rotatable bonds is 2. The molecule has 0 bridgehead atoms. The fourth-order valence-corrected chi connectivity index (χ4v) is 0.872. The number of benzene rings is 1. The zero-order valence-electron chi connectivity index (χ0n) is 7.03. The number of hydrogen-bond acceptors (Lipinski definition) is 3. The first-order chi connectivity index (χ1) is 6.79. The van der Waals surface area contributed by atoms with E-state index in [4.69, 9.17) is 10.7 Å². The van der Waals surface area contributed by atoms with E-state index in [0.29, 0.717) is 5.56 Å². The van der Waals surface area contributed by atoms with Crippen molar-refractivity contribution >= 4 is 11.6 Å². The van der Waals surface area contributed by atoms with Crippen LogP contribution in [-0.2, 0) is 0 Å². The summed E-state index contributed by atoms with van der Waals surface area (Å²) < 4.78 is 0. The highest BCUT2D eigenvalue weighted by Crippen LogP contribution is 2.02. The molecule has 70 valence electrons. The zero-order chi connectivity index (χ0) is 10.4. The van der Waals surface area contributed by atoms with Crippen LogP contribution in [0.3, 0.4) is 0 Å². The van der Waals surface area contributed by atoms with Gasteiger partial charge in [-0.1, -0.05) is 35.5 Å². The molecule has 0 atom stereocenters. The SMILES string of the molecule is [N-]=[N+]=N/C(=N/O)C(=O)c1ccccc1. The Morgan fingerprint density at radius 2 is 2.00 bits per heavy atom. The summed E-state index contributed by atoms with van der Waals surface area (Å²) in [6.07, 6.45) is 0. The van der Waals surface area contributed by atoms with E-state index in [-0.39, 0.29) is 0 Å². The number of nitrogens with zero attached hydrogens (tertiary/aromatic N) is 4. The van der Waals surface area contributed by atoms with Gasteiger partial charge in [-0.3, -0.25) is 4.79 Å². The molecule has 0 aliphatic heterocycles. The first-order valence-electron chi connectivity index (χ1n) is 3.66. The van der Waals surface area contributed by atoms with Crippen LogP contribution in [0.15, 0.2) is 40.6 Å². The quantitative estimate of drug-likeness (QED) is 0.113. The maximum Gasteiger partial charge on any atom is 0.217 e. The van der Waals surface area contributed by atoms with Crippen LogP contribution < -0.4 is 0 Å². The van der Waals surface area contributed by atoms with E-state index in [0.717, 1.165) is 0 Å². The van der Waals surface area contributed by atoms with E-state index < -0.39 is 11.6 Å². The summed E-state index contributed by atoms with van der Waals surface area (Å²) in [5.41, 5.74) is 8.38. The first kappa shape index (κ1) is 9.76. The second kappa shape index (κ2) is 4.64. The Bertz CT molecular complexity index is 407. The van der Waals surface area contributed by atoms with Crippen LogP contribution in [0, 0.1) is 0 Å². The van der Waals surface area contributed by atoms with Gasteiger partial charge in [0.25, 0.3) is 0 Å². The molecule has 0 unspecified atom stereocenters. The number of hydrogen-bond donors (Lipinski definition) is 1. The predicted molar refractivity (Wildman–Crippen MR) is 49.1 cm³/mol. The van der Waals surface area contributed by atoms with Crippen molar-refractivity contribution in [3.63, 3.8) is 0 Å². The van der Waals surface area contributed by atoms with Crippen molar-refractivity contribution in [2.24, 2.45) is 10.3 Å². The van der Waals surface area contributed by atoms with E-state index in [1.807, 2.05) is 0 Å². The van der Waals surface area contributed by atoms with E-state index in [1.54, 1.807) is 18.2 Å². The van der Waals surface area contributed by atoms with Gasteiger partial charge in [-0.25, -0.2) is 0 Å². The number of azide groups is 1. The lowest BCUT2D eigenvalue weighted by molar-refractivity contribution is 0.106. The molecule has 6 nitrogen and oxygen atoms in total. The average Bonchev–Trinajstić information content (AvgIpc) is 2.26. The molecule has 14 heavy (non-hydrogen) atoms. The highest BCUT2D eigenvalue weighted by molar-refractivity contribution is 6.45. The van der Waals surface area contributed by atoms with Gasteiger partial charge in [0, 0.05) is 10.5 Å². The summed E-state index contributed by atoms with van der Waals surface area (Å²) in [6.45, 7) is 0. The Hall–Kier alpha value is -2.33. The molecule has 0 heterocycles. The molecule has 0 aromatic heterocycles. The lowest BCUT2D eigenvalue weighted by Gasteiger charge is -1.96. The Morgan fingerprint density at radius 1 is 1.36 bits per heavy atom. The zero-order valence-corrected chi connectivity index (χ0v) is 7.03. The monoisotopic (exact) mass is 190 g/mol. The molecule has 0 radical (unpaired) electrons. The van der Waals surface area contributed by atoms with Crippen LogP contribution in [0.4, 0.5) is 0 Å². The van der Waals surface area contributed by atoms with Crippen molar-refractivity contribution in [1.82, 2.24) is 0 Å². The fourth-order valence-electron chi connectivity index (χ4n) is 0.872. The number of oxime groups is 1. The van der Waals surface area contributed by atoms with Crippen LogP contribution in [-0.4, -0.2) is 16.8 Å². The molecule has 0 saturated heterocycles. The Balaban J connectivity index is 3.02. The van der Waals surface area contributed by atoms with Crippen molar-refractivity contribution in [2.45, 2.75) is 0 Å². The highest BCUT2D eigenvalue weighted by atomic mass is 16.4. The van der Waals surface area contributed by atoms with Crippen LogP contribution in [0.5, 0.6) is 0 Å². The Labute approximate surface area is 79.1 Å². The molecule has 0 aliphatic rings. The van der Waals surface area contributed by atoms with Gasteiger partial charge in [0.05, 0.1) is 0 Å². The van der Waals surface area contributed by atoms with Crippen molar-refractivity contribution in [3.8, 4) is 0 Å². The van der Waals surface area contributed by atoms with E-state index in [2.05, 4.69) is 15.2 Å². The minimum Gasteiger partial charge on any atom is -0.410 e. The normalized spacial score (nSPS) is 10.4. The van der Waals surface area contributed by atoms with Gasteiger partial charge in [-0.15, -0.1) is 0 Å². The van der Waals surface area contributed by atoms with E-state index >= 15 is 0 Å². The summed E-state index contributed by atoms with van der Waals surface area (Å²) in [7, 11) is 0. The smallest absolute Gasteiger partial charge is 0.217 e. The molecule has 1 aromatic rings. The maximum absolute atomic E-state index is 11.4. The summed E-state index contributed by atoms with van der Waals surface area (Å²) in [4.78, 5) is 13.8. The van der Waals surface area contributed by atoms with Gasteiger partial charge in [-0.2, -0.15) is 0 Å². The molecular weight excluding hydrogens is 184 g/mol. The molecule has 0 saturated carbocycles. The van der Waals surface area contributed by atoms with Crippen LogP contribution >= 0.6 is 0 Å². The van der Waals surface area contributed by atoms with Gasteiger partial charge < -0.3 is 5.21 Å². The molecule has 0 aliphatic carbocycles. The van der Waals surface area contributed by atoms with E-state index in [9.17, 15) is 4.79 Å². The third kappa shape index (κ3) is 2.09. The summed E-state index contributed by atoms with van der Waals surface area (Å²) >= 11 is 0. The molecular formula is C8H6N4O2. The largest absolute Gasteiger partial charge is 0.410 e. The van der Waals surface area contributed by atoms with Crippen LogP contribution in [0.2, 0.25) is 0 Å². The minimum absolute atomic E-state index is 0.299. The lowest BCUT2D eigenvalue weighted by Crippen LogP contribution is -2.10. The minimum atomic E-state index is -0.620. The highest BCUT2D eigenvalue weighted by Gasteiger charge is 2.11. The molecule has 1 rings (SSSR count). The molecule has 1 N–H and O–H groups in total. The van der Waals surface area contributed by atoms with Gasteiger partial charge in [0.1, 0.15) is 0 Å². The molecule has 0 spiro atoms.